The van der Waals surface area contributed by atoms with E-state index in [2.05, 4.69) is 5.10 Å². The number of aromatic nitrogens is 2. The highest BCUT2D eigenvalue weighted by Gasteiger charge is 2.60. The lowest BCUT2D eigenvalue weighted by molar-refractivity contribution is -0.229. The minimum Gasteiger partial charge on any atom is -0.458 e. The molecular formula is C19H23FN2O3. The number of halogens is 1. The van der Waals surface area contributed by atoms with Crippen molar-refractivity contribution in [3.05, 3.63) is 47.5 Å². The predicted octanol–water partition coefficient (Wildman–Crippen LogP) is 3.68. The molecule has 1 heterocycles. The number of carbonyl (C=O) groups is 1. The molecule has 6 heteroatoms. The second-order valence-electron chi connectivity index (χ2n) is 7.26. The zero-order valence-electron chi connectivity index (χ0n) is 15.2. The van der Waals surface area contributed by atoms with Gasteiger partial charge in [-0.15, -0.1) is 0 Å². The minimum absolute atomic E-state index is 0.235. The SMILES string of the molecule is COC1(C)CC(OC(=O)c2cnn(-c3ccccc3F)c2C)C1(C)C. The van der Waals surface area contributed by atoms with E-state index in [1.807, 2.05) is 20.8 Å². The third-order valence-corrected chi connectivity index (χ3v) is 5.75. The molecule has 2 aromatic rings. The Balaban J connectivity index is 1.80. The van der Waals surface area contributed by atoms with Gasteiger partial charge in [0.15, 0.2) is 0 Å². The molecule has 1 aliphatic rings. The summed E-state index contributed by atoms with van der Waals surface area (Å²) in [4.78, 5) is 12.6. The number of ether oxygens (including phenoxy) is 2. The van der Waals surface area contributed by atoms with Crippen molar-refractivity contribution < 1.29 is 18.7 Å². The van der Waals surface area contributed by atoms with Gasteiger partial charge in [0.25, 0.3) is 0 Å². The van der Waals surface area contributed by atoms with Gasteiger partial charge in [-0.2, -0.15) is 5.10 Å². The van der Waals surface area contributed by atoms with E-state index >= 15 is 0 Å². The summed E-state index contributed by atoms with van der Waals surface area (Å²) in [7, 11) is 1.67. The van der Waals surface area contributed by atoms with Crippen LogP contribution in [0.25, 0.3) is 5.69 Å². The second kappa shape index (κ2) is 5.95. The number of carbonyl (C=O) groups excluding carboxylic acids is 1. The molecule has 3 rings (SSSR count). The van der Waals surface area contributed by atoms with E-state index in [-0.39, 0.29) is 17.1 Å². The first-order valence-corrected chi connectivity index (χ1v) is 8.27. The average molecular weight is 346 g/mol. The van der Waals surface area contributed by atoms with Crippen LogP contribution in [0.1, 0.15) is 43.2 Å². The summed E-state index contributed by atoms with van der Waals surface area (Å²) in [5.74, 6) is -0.846. The van der Waals surface area contributed by atoms with Crippen LogP contribution < -0.4 is 0 Å². The third kappa shape index (κ3) is 2.65. The number of rotatable bonds is 4. The van der Waals surface area contributed by atoms with Gasteiger partial charge >= 0.3 is 5.97 Å². The van der Waals surface area contributed by atoms with Crippen molar-refractivity contribution >= 4 is 5.97 Å². The molecule has 0 N–H and O–H groups in total. The summed E-state index contributed by atoms with van der Waals surface area (Å²) in [5.41, 5.74) is 0.582. The van der Waals surface area contributed by atoms with E-state index in [4.69, 9.17) is 9.47 Å². The third-order valence-electron chi connectivity index (χ3n) is 5.75. The summed E-state index contributed by atoms with van der Waals surface area (Å²) >= 11 is 0. The number of esters is 1. The number of methoxy groups -OCH3 is 1. The number of benzene rings is 1. The van der Waals surface area contributed by atoms with Crippen LogP contribution in [-0.4, -0.2) is 34.6 Å². The number of para-hydroxylation sites is 1. The summed E-state index contributed by atoms with van der Waals surface area (Å²) in [5, 5.41) is 4.15. The molecule has 25 heavy (non-hydrogen) atoms. The lowest BCUT2D eigenvalue weighted by Crippen LogP contribution is -2.64. The highest BCUT2D eigenvalue weighted by molar-refractivity contribution is 5.90. The highest BCUT2D eigenvalue weighted by atomic mass is 19.1. The molecule has 1 aliphatic carbocycles. The topological polar surface area (TPSA) is 53.4 Å². The van der Waals surface area contributed by atoms with Gasteiger partial charge in [0.05, 0.1) is 17.5 Å². The van der Waals surface area contributed by atoms with Crippen LogP contribution in [-0.2, 0) is 9.47 Å². The summed E-state index contributed by atoms with van der Waals surface area (Å²) in [6.45, 7) is 7.78. The van der Waals surface area contributed by atoms with Crippen molar-refractivity contribution in [3.8, 4) is 5.69 Å². The summed E-state index contributed by atoms with van der Waals surface area (Å²) in [6.07, 6.45) is 1.83. The fourth-order valence-corrected chi connectivity index (χ4v) is 3.29. The Kier molecular flexibility index (Phi) is 4.19. The molecule has 1 aromatic heterocycles. The van der Waals surface area contributed by atoms with Crippen molar-refractivity contribution in [1.29, 1.82) is 0 Å². The smallest absolute Gasteiger partial charge is 0.341 e. The van der Waals surface area contributed by atoms with Crippen molar-refractivity contribution in [3.63, 3.8) is 0 Å². The number of hydrogen-bond acceptors (Lipinski definition) is 4. The largest absolute Gasteiger partial charge is 0.458 e. The van der Waals surface area contributed by atoms with Gasteiger partial charge in [-0.1, -0.05) is 26.0 Å². The first-order valence-electron chi connectivity index (χ1n) is 8.27. The molecule has 0 saturated heterocycles. The lowest BCUT2D eigenvalue weighted by atomic mass is 9.57. The Morgan fingerprint density at radius 2 is 2.00 bits per heavy atom. The maximum Gasteiger partial charge on any atom is 0.341 e. The van der Waals surface area contributed by atoms with Crippen LogP contribution in [0.2, 0.25) is 0 Å². The average Bonchev–Trinajstić information content (AvgIpc) is 2.96. The minimum atomic E-state index is -0.448. The summed E-state index contributed by atoms with van der Waals surface area (Å²) < 4.78 is 26.6. The standard InChI is InChI=1S/C19H23FN2O3/c1-12-13(11-21-22(12)15-9-7-6-8-14(15)20)17(23)25-16-10-19(4,24-5)18(16,2)3/h6-9,11,16H,10H2,1-5H3. The molecule has 2 atom stereocenters. The predicted molar refractivity (Wildman–Crippen MR) is 91.3 cm³/mol. The maximum absolute atomic E-state index is 14.0. The van der Waals surface area contributed by atoms with Crippen LogP contribution in [0.4, 0.5) is 4.39 Å². The van der Waals surface area contributed by atoms with Crippen molar-refractivity contribution in [2.24, 2.45) is 5.41 Å². The number of hydrogen-bond donors (Lipinski definition) is 0. The van der Waals surface area contributed by atoms with E-state index in [0.717, 1.165) is 0 Å². The van der Waals surface area contributed by atoms with E-state index in [1.54, 1.807) is 32.2 Å². The summed E-state index contributed by atoms with van der Waals surface area (Å²) in [6, 6.07) is 6.30. The Morgan fingerprint density at radius 3 is 2.60 bits per heavy atom. The molecule has 0 amide bonds. The molecule has 1 saturated carbocycles. The first kappa shape index (κ1) is 17.6. The molecular weight excluding hydrogens is 323 g/mol. The molecule has 1 aromatic carbocycles. The number of nitrogens with zero attached hydrogens (tertiary/aromatic N) is 2. The highest BCUT2D eigenvalue weighted by Crippen LogP contribution is 2.53. The maximum atomic E-state index is 14.0. The second-order valence-corrected chi connectivity index (χ2v) is 7.26. The normalized spacial score (nSPS) is 24.6. The van der Waals surface area contributed by atoms with E-state index < -0.39 is 11.8 Å². The van der Waals surface area contributed by atoms with Gasteiger partial charge in [0.1, 0.15) is 23.2 Å². The van der Waals surface area contributed by atoms with Crippen LogP contribution in [0, 0.1) is 18.2 Å². The molecule has 0 spiro atoms. The van der Waals surface area contributed by atoms with Gasteiger partial charge in [0, 0.05) is 18.9 Å². The molecule has 134 valence electrons. The van der Waals surface area contributed by atoms with E-state index in [9.17, 15) is 9.18 Å². The van der Waals surface area contributed by atoms with Crippen LogP contribution in [0.5, 0.6) is 0 Å². The zero-order valence-corrected chi connectivity index (χ0v) is 15.2. The van der Waals surface area contributed by atoms with Crippen LogP contribution in [0.15, 0.2) is 30.5 Å². The van der Waals surface area contributed by atoms with Crippen molar-refractivity contribution in [2.45, 2.75) is 45.8 Å². The van der Waals surface area contributed by atoms with Gasteiger partial charge in [-0.25, -0.2) is 13.9 Å². The molecule has 0 radical (unpaired) electrons. The Labute approximate surface area is 146 Å². The van der Waals surface area contributed by atoms with Gasteiger partial charge in [-0.3, -0.25) is 0 Å². The van der Waals surface area contributed by atoms with E-state index in [1.165, 1.54) is 16.9 Å². The Hall–Kier alpha value is -2.21. The van der Waals surface area contributed by atoms with Gasteiger partial charge in [0.2, 0.25) is 0 Å². The fraction of sp³-hybridized carbons (Fsp3) is 0.474. The molecule has 5 nitrogen and oxygen atoms in total. The van der Waals surface area contributed by atoms with Gasteiger partial charge < -0.3 is 9.47 Å². The zero-order chi connectivity index (χ0) is 18.4. The van der Waals surface area contributed by atoms with Crippen LogP contribution >= 0.6 is 0 Å². The van der Waals surface area contributed by atoms with Crippen LogP contribution in [0.3, 0.4) is 0 Å². The Morgan fingerprint density at radius 1 is 1.32 bits per heavy atom. The molecule has 0 aliphatic heterocycles. The monoisotopic (exact) mass is 346 g/mol. The fourth-order valence-electron chi connectivity index (χ4n) is 3.29. The van der Waals surface area contributed by atoms with E-state index in [0.29, 0.717) is 23.4 Å². The first-order chi connectivity index (χ1) is 11.7. The van der Waals surface area contributed by atoms with Crippen molar-refractivity contribution in [2.75, 3.05) is 7.11 Å². The molecule has 0 bridgehead atoms. The molecule has 1 fully saturated rings. The lowest BCUT2D eigenvalue weighted by Gasteiger charge is -2.57. The van der Waals surface area contributed by atoms with Crippen molar-refractivity contribution in [1.82, 2.24) is 9.78 Å². The quantitative estimate of drug-likeness (QED) is 0.793. The Bertz CT molecular complexity index is 815. The molecule has 2 unspecified atom stereocenters. The van der Waals surface area contributed by atoms with Gasteiger partial charge in [-0.05, 0) is 26.0 Å².